The van der Waals surface area contributed by atoms with Crippen LogP contribution in [0.25, 0.3) is 0 Å². The van der Waals surface area contributed by atoms with Gasteiger partial charge in [0, 0.05) is 0 Å². The van der Waals surface area contributed by atoms with Gasteiger partial charge >= 0.3 is 6.09 Å². The van der Waals surface area contributed by atoms with E-state index in [-0.39, 0.29) is 23.8 Å². The molecule has 0 saturated heterocycles. The number of phenolic OH excluding ortho intramolecular Hbond substituents is 1. The molecule has 0 unspecified atom stereocenters. The lowest BCUT2D eigenvalue weighted by molar-refractivity contribution is 0.0635. The summed E-state index contributed by atoms with van der Waals surface area (Å²) in [5.74, 6) is 5.01. The summed E-state index contributed by atoms with van der Waals surface area (Å²) in [6, 6.07) is 3.08. The van der Waals surface area contributed by atoms with Crippen LogP contribution < -0.4 is 16.0 Å². The number of hydrogen-bond donors (Lipinski definition) is 3. The third kappa shape index (κ3) is 4.60. The normalized spacial score (nSPS) is 11.1. The molecule has 0 fully saturated rings. The second-order valence-corrected chi connectivity index (χ2v) is 5.13. The third-order valence-corrected chi connectivity index (χ3v) is 2.24. The van der Waals surface area contributed by atoms with Crippen molar-refractivity contribution in [2.45, 2.75) is 33.0 Å². The molecule has 0 aliphatic rings. The van der Waals surface area contributed by atoms with Gasteiger partial charge in [-0.15, -0.1) is 0 Å². The molecule has 7 nitrogen and oxygen atoms in total. The number of ether oxygens (including phenoxy) is 2. The maximum atomic E-state index is 11.7. The average Bonchev–Trinajstić information content (AvgIpc) is 2.31. The van der Waals surface area contributed by atoms with E-state index in [0.717, 1.165) is 0 Å². The summed E-state index contributed by atoms with van der Waals surface area (Å²) >= 11 is 0. The standard InChI is InChI=1S/C13H20N2O5/c1-13(2,3)20-12(17)15-9-5-8(7-19-14)6-10(18-4)11(9)16/h5-6,16H,7,14H2,1-4H3,(H,15,17). The molecule has 1 aromatic rings. The molecule has 112 valence electrons. The average molecular weight is 284 g/mol. The number of carbonyl (C=O) groups is 1. The molecular formula is C13H20N2O5. The number of hydrogen-bond acceptors (Lipinski definition) is 6. The van der Waals surface area contributed by atoms with Gasteiger partial charge in [-0.2, -0.15) is 0 Å². The van der Waals surface area contributed by atoms with Gasteiger partial charge in [0.1, 0.15) is 5.60 Å². The number of benzene rings is 1. The molecule has 0 radical (unpaired) electrons. The minimum Gasteiger partial charge on any atom is -0.503 e. The third-order valence-electron chi connectivity index (χ3n) is 2.24. The highest BCUT2D eigenvalue weighted by atomic mass is 16.6. The summed E-state index contributed by atoms with van der Waals surface area (Å²) in [7, 11) is 1.40. The molecule has 1 aromatic carbocycles. The molecule has 0 atom stereocenters. The second-order valence-electron chi connectivity index (χ2n) is 5.13. The summed E-state index contributed by atoms with van der Waals surface area (Å²) < 4.78 is 10.1. The monoisotopic (exact) mass is 284 g/mol. The van der Waals surface area contributed by atoms with Gasteiger partial charge in [0.2, 0.25) is 0 Å². The van der Waals surface area contributed by atoms with Crippen LogP contribution in [-0.2, 0) is 16.2 Å². The smallest absolute Gasteiger partial charge is 0.412 e. The molecule has 0 saturated carbocycles. The van der Waals surface area contributed by atoms with Crippen molar-refractivity contribution < 1.29 is 24.2 Å². The Morgan fingerprint density at radius 3 is 2.55 bits per heavy atom. The fourth-order valence-corrected chi connectivity index (χ4v) is 1.51. The molecule has 4 N–H and O–H groups in total. The molecule has 0 aliphatic carbocycles. The predicted molar refractivity (Wildman–Crippen MR) is 73.5 cm³/mol. The van der Waals surface area contributed by atoms with Gasteiger partial charge in [0.05, 0.1) is 19.4 Å². The van der Waals surface area contributed by atoms with E-state index in [1.54, 1.807) is 26.8 Å². The molecule has 7 heteroatoms. The van der Waals surface area contributed by atoms with Gasteiger partial charge in [-0.25, -0.2) is 10.7 Å². The van der Waals surface area contributed by atoms with Crippen LogP contribution in [0.1, 0.15) is 26.3 Å². The summed E-state index contributed by atoms with van der Waals surface area (Å²) in [5, 5.41) is 12.4. The Kier molecular flexibility index (Phi) is 5.18. The van der Waals surface area contributed by atoms with Gasteiger partial charge < -0.3 is 14.6 Å². The molecule has 0 aromatic heterocycles. The minimum atomic E-state index is -0.680. The number of carbonyl (C=O) groups excluding carboxylic acids is 1. The summed E-state index contributed by atoms with van der Waals surface area (Å²) in [5.41, 5.74) is 0.153. The van der Waals surface area contributed by atoms with Crippen LogP contribution in [0.15, 0.2) is 12.1 Å². The summed E-state index contributed by atoms with van der Waals surface area (Å²) in [6.07, 6.45) is -0.680. The number of aromatic hydroxyl groups is 1. The van der Waals surface area contributed by atoms with Crippen LogP contribution in [0.2, 0.25) is 0 Å². The van der Waals surface area contributed by atoms with E-state index in [1.165, 1.54) is 13.2 Å². The maximum absolute atomic E-state index is 11.7. The Morgan fingerprint density at radius 1 is 1.40 bits per heavy atom. The largest absolute Gasteiger partial charge is 0.503 e. The molecule has 0 bridgehead atoms. The van der Waals surface area contributed by atoms with Crippen molar-refractivity contribution in [2.24, 2.45) is 5.90 Å². The Balaban J connectivity index is 2.98. The number of methoxy groups -OCH3 is 1. The van der Waals surface area contributed by atoms with Crippen molar-refractivity contribution in [3.63, 3.8) is 0 Å². The number of anilines is 1. The van der Waals surface area contributed by atoms with Crippen molar-refractivity contribution in [3.05, 3.63) is 17.7 Å². The number of phenols is 1. The van der Waals surface area contributed by atoms with Crippen LogP contribution in [0, 0.1) is 0 Å². The Hall–Kier alpha value is -1.99. The van der Waals surface area contributed by atoms with E-state index in [0.29, 0.717) is 5.56 Å². The fraction of sp³-hybridized carbons (Fsp3) is 0.462. The lowest BCUT2D eigenvalue weighted by atomic mass is 10.1. The van der Waals surface area contributed by atoms with Crippen LogP contribution >= 0.6 is 0 Å². The first-order chi connectivity index (χ1) is 9.26. The van der Waals surface area contributed by atoms with E-state index in [1.807, 2.05) is 0 Å². The maximum Gasteiger partial charge on any atom is 0.412 e. The van der Waals surface area contributed by atoms with E-state index in [4.69, 9.17) is 15.4 Å². The SMILES string of the molecule is COc1cc(CON)cc(NC(=O)OC(C)(C)C)c1O. The Morgan fingerprint density at radius 2 is 2.05 bits per heavy atom. The first-order valence-electron chi connectivity index (χ1n) is 5.98. The Labute approximate surface area is 117 Å². The zero-order valence-electron chi connectivity index (χ0n) is 12.0. The van der Waals surface area contributed by atoms with E-state index >= 15 is 0 Å². The molecular weight excluding hydrogens is 264 g/mol. The van der Waals surface area contributed by atoms with Crippen molar-refractivity contribution >= 4 is 11.8 Å². The quantitative estimate of drug-likeness (QED) is 0.578. The molecule has 1 rings (SSSR count). The molecule has 20 heavy (non-hydrogen) atoms. The zero-order chi connectivity index (χ0) is 15.3. The number of amides is 1. The number of nitrogens with two attached hydrogens (primary N) is 1. The van der Waals surface area contributed by atoms with E-state index in [2.05, 4.69) is 10.2 Å². The highest BCUT2D eigenvalue weighted by Crippen LogP contribution is 2.35. The van der Waals surface area contributed by atoms with Gasteiger partial charge in [-0.05, 0) is 38.5 Å². The minimum absolute atomic E-state index is 0.111. The van der Waals surface area contributed by atoms with Crippen LogP contribution in [0.5, 0.6) is 11.5 Å². The van der Waals surface area contributed by atoms with Gasteiger partial charge in [-0.3, -0.25) is 10.2 Å². The Bertz CT molecular complexity index is 482. The second kappa shape index (κ2) is 6.44. The first kappa shape index (κ1) is 16.1. The van der Waals surface area contributed by atoms with Gasteiger partial charge in [0.15, 0.2) is 11.5 Å². The number of rotatable bonds is 4. The molecule has 0 spiro atoms. The highest BCUT2D eigenvalue weighted by molar-refractivity contribution is 5.88. The van der Waals surface area contributed by atoms with Crippen LogP contribution in [0.4, 0.5) is 10.5 Å². The van der Waals surface area contributed by atoms with Crippen molar-refractivity contribution in [3.8, 4) is 11.5 Å². The fourth-order valence-electron chi connectivity index (χ4n) is 1.51. The first-order valence-corrected chi connectivity index (χ1v) is 5.98. The topological polar surface area (TPSA) is 103 Å². The van der Waals surface area contributed by atoms with Crippen LogP contribution in [-0.4, -0.2) is 23.9 Å². The predicted octanol–water partition coefficient (Wildman–Crippen LogP) is 2.14. The lowest BCUT2D eigenvalue weighted by Gasteiger charge is -2.20. The van der Waals surface area contributed by atoms with E-state index < -0.39 is 11.7 Å². The molecule has 0 aliphatic heterocycles. The number of nitrogens with one attached hydrogen (secondary N) is 1. The molecule has 0 heterocycles. The lowest BCUT2D eigenvalue weighted by Crippen LogP contribution is -2.27. The molecule has 1 amide bonds. The van der Waals surface area contributed by atoms with Crippen molar-refractivity contribution in [1.82, 2.24) is 0 Å². The van der Waals surface area contributed by atoms with Gasteiger partial charge in [0.25, 0.3) is 0 Å². The van der Waals surface area contributed by atoms with E-state index in [9.17, 15) is 9.90 Å². The van der Waals surface area contributed by atoms with Gasteiger partial charge in [-0.1, -0.05) is 0 Å². The summed E-state index contributed by atoms with van der Waals surface area (Å²) in [6.45, 7) is 5.34. The summed E-state index contributed by atoms with van der Waals surface area (Å²) in [4.78, 5) is 16.2. The van der Waals surface area contributed by atoms with Crippen LogP contribution in [0.3, 0.4) is 0 Å². The highest BCUT2D eigenvalue weighted by Gasteiger charge is 2.19. The zero-order valence-corrected chi connectivity index (χ0v) is 12.0. The van der Waals surface area contributed by atoms with Crippen molar-refractivity contribution in [1.29, 1.82) is 0 Å². The van der Waals surface area contributed by atoms with Crippen molar-refractivity contribution in [2.75, 3.05) is 12.4 Å².